The van der Waals surface area contributed by atoms with Gasteiger partial charge in [0.05, 0.1) is 29.8 Å². The third-order valence-electron chi connectivity index (χ3n) is 5.01. The molecule has 0 aliphatic heterocycles. The minimum absolute atomic E-state index is 0.162. The molecule has 4 rings (SSSR count). The monoisotopic (exact) mass is 427 g/mol. The highest BCUT2D eigenvalue weighted by atomic mass is 32.2. The van der Waals surface area contributed by atoms with Crippen molar-refractivity contribution >= 4 is 22.7 Å². The van der Waals surface area contributed by atoms with Gasteiger partial charge in [0.1, 0.15) is 11.0 Å². The molecule has 3 aromatic carbocycles. The van der Waals surface area contributed by atoms with Gasteiger partial charge >= 0.3 is 0 Å². The maximum absolute atomic E-state index is 13.4. The zero-order chi connectivity index (χ0) is 21.8. The van der Waals surface area contributed by atoms with Gasteiger partial charge in [-0.05, 0) is 55.3 Å². The van der Waals surface area contributed by atoms with Gasteiger partial charge in [0, 0.05) is 0 Å². The van der Waals surface area contributed by atoms with Gasteiger partial charge in [-0.3, -0.25) is 9.36 Å². The molecule has 0 bridgehead atoms. The average molecular weight is 428 g/mol. The number of thioether (sulfide) groups is 1. The molecule has 31 heavy (non-hydrogen) atoms. The molecule has 1 aromatic heterocycles. The first kappa shape index (κ1) is 20.7. The van der Waals surface area contributed by atoms with Gasteiger partial charge in [-0.2, -0.15) is 5.26 Å². The summed E-state index contributed by atoms with van der Waals surface area (Å²) in [4.78, 5) is 18.1. The molecule has 0 radical (unpaired) electrons. The summed E-state index contributed by atoms with van der Waals surface area (Å²) in [5, 5.41) is 10.5. The lowest BCUT2D eigenvalue weighted by molar-refractivity contribution is 0.414. The first-order valence-corrected chi connectivity index (χ1v) is 10.7. The molecule has 0 aliphatic rings. The number of hydrogen-bond acceptors (Lipinski definition) is 5. The molecule has 0 amide bonds. The van der Waals surface area contributed by atoms with Gasteiger partial charge in [-0.15, -0.1) is 0 Å². The van der Waals surface area contributed by atoms with E-state index in [9.17, 15) is 10.1 Å². The minimum atomic E-state index is -0.389. The second-order valence-electron chi connectivity index (χ2n) is 7.18. The van der Waals surface area contributed by atoms with Crippen LogP contribution in [0.25, 0.3) is 16.6 Å². The summed E-state index contributed by atoms with van der Waals surface area (Å²) in [6, 6.07) is 25.0. The normalized spacial score (nSPS) is 11.8. The molecule has 0 spiro atoms. The molecular weight excluding hydrogens is 406 g/mol. The fourth-order valence-electron chi connectivity index (χ4n) is 3.33. The molecule has 1 atom stereocenters. The molecular formula is C25H21N3O2S. The van der Waals surface area contributed by atoms with Crippen LogP contribution in [0, 0.1) is 18.3 Å². The zero-order valence-corrected chi connectivity index (χ0v) is 18.1. The largest absolute Gasteiger partial charge is 0.497 e. The van der Waals surface area contributed by atoms with Crippen molar-refractivity contribution in [3.63, 3.8) is 0 Å². The number of aromatic nitrogens is 2. The van der Waals surface area contributed by atoms with Gasteiger partial charge in [0.2, 0.25) is 0 Å². The molecule has 1 unspecified atom stereocenters. The van der Waals surface area contributed by atoms with E-state index in [4.69, 9.17) is 9.72 Å². The average Bonchev–Trinajstić information content (AvgIpc) is 2.80. The molecule has 0 saturated carbocycles. The highest BCUT2D eigenvalue weighted by Crippen LogP contribution is 2.27. The van der Waals surface area contributed by atoms with E-state index >= 15 is 0 Å². The summed E-state index contributed by atoms with van der Waals surface area (Å²) in [7, 11) is 1.60. The van der Waals surface area contributed by atoms with E-state index in [0.29, 0.717) is 33.9 Å². The number of rotatable bonds is 6. The summed E-state index contributed by atoms with van der Waals surface area (Å²) >= 11 is 1.31. The summed E-state index contributed by atoms with van der Waals surface area (Å²) in [6.45, 7) is 2.03. The molecule has 5 nitrogen and oxygen atoms in total. The second-order valence-corrected chi connectivity index (χ2v) is 8.35. The van der Waals surface area contributed by atoms with Crippen molar-refractivity contribution in [2.24, 2.45) is 0 Å². The Kier molecular flexibility index (Phi) is 6.06. The first-order chi connectivity index (χ1) is 15.1. The van der Waals surface area contributed by atoms with Gasteiger partial charge in [0.25, 0.3) is 5.56 Å². The van der Waals surface area contributed by atoms with Crippen LogP contribution in [0.1, 0.15) is 11.1 Å². The van der Waals surface area contributed by atoms with E-state index in [1.54, 1.807) is 29.9 Å². The van der Waals surface area contributed by atoms with Crippen molar-refractivity contribution in [3.8, 4) is 17.5 Å². The van der Waals surface area contributed by atoms with E-state index < -0.39 is 0 Å². The van der Waals surface area contributed by atoms with Crippen LogP contribution in [-0.2, 0) is 6.42 Å². The van der Waals surface area contributed by atoms with Gasteiger partial charge < -0.3 is 4.74 Å². The maximum Gasteiger partial charge on any atom is 0.266 e. The Morgan fingerprint density at radius 3 is 2.45 bits per heavy atom. The predicted octanol–water partition coefficient (Wildman–Crippen LogP) is 4.93. The number of aryl methyl sites for hydroxylation is 1. The van der Waals surface area contributed by atoms with Crippen LogP contribution in [0.4, 0.5) is 0 Å². The second kappa shape index (κ2) is 9.07. The van der Waals surface area contributed by atoms with E-state index in [-0.39, 0.29) is 10.8 Å². The number of para-hydroxylation sites is 1. The Hall–Kier alpha value is -3.56. The maximum atomic E-state index is 13.4. The van der Waals surface area contributed by atoms with Crippen LogP contribution in [0.15, 0.2) is 82.7 Å². The summed E-state index contributed by atoms with van der Waals surface area (Å²) < 4.78 is 6.82. The number of benzene rings is 3. The molecule has 4 aromatic rings. The first-order valence-electron chi connectivity index (χ1n) is 9.87. The Morgan fingerprint density at radius 1 is 1.06 bits per heavy atom. The van der Waals surface area contributed by atoms with Gasteiger partial charge in [-0.25, -0.2) is 4.98 Å². The minimum Gasteiger partial charge on any atom is -0.497 e. The summed E-state index contributed by atoms with van der Waals surface area (Å²) in [5.74, 6) is 0.703. The van der Waals surface area contributed by atoms with Crippen molar-refractivity contribution in [1.82, 2.24) is 9.55 Å². The topological polar surface area (TPSA) is 67.9 Å². The quantitative estimate of drug-likeness (QED) is 0.322. The van der Waals surface area contributed by atoms with E-state index in [0.717, 1.165) is 5.56 Å². The Bertz CT molecular complexity index is 1310. The number of nitrogens with zero attached hydrogens (tertiary/aromatic N) is 3. The standard InChI is InChI=1S/C25H21N3O2S/c1-17-7-9-18(10-8-17)15-21(16-26)31-25-27-23-6-4-3-5-22(23)24(29)28(25)19-11-13-20(30-2)14-12-19/h3-14,21H,15H2,1-2H3. The third-order valence-corrected chi connectivity index (χ3v) is 6.05. The van der Waals surface area contributed by atoms with Crippen molar-refractivity contribution in [2.75, 3.05) is 7.11 Å². The molecule has 154 valence electrons. The molecule has 0 aliphatic carbocycles. The third kappa shape index (κ3) is 4.47. The SMILES string of the molecule is COc1ccc(-n2c(SC(C#N)Cc3ccc(C)cc3)nc3ccccc3c2=O)cc1. The lowest BCUT2D eigenvalue weighted by Gasteiger charge is -2.16. The summed E-state index contributed by atoms with van der Waals surface area (Å²) in [6.07, 6.45) is 0.562. The fraction of sp³-hybridized carbons (Fsp3) is 0.160. The lowest BCUT2D eigenvalue weighted by atomic mass is 10.1. The highest BCUT2D eigenvalue weighted by molar-refractivity contribution is 8.00. The van der Waals surface area contributed by atoms with E-state index in [1.807, 2.05) is 61.5 Å². The Morgan fingerprint density at radius 2 is 1.77 bits per heavy atom. The van der Waals surface area contributed by atoms with Crippen molar-refractivity contribution in [1.29, 1.82) is 5.26 Å². The van der Waals surface area contributed by atoms with Crippen molar-refractivity contribution < 1.29 is 4.74 Å². The van der Waals surface area contributed by atoms with Gasteiger partial charge in [0.15, 0.2) is 5.16 Å². The number of fused-ring (bicyclic) bond motifs is 1. The number of nitriles is 1. The van der Waals surface area contributed by atoms with Crippen LogP contribution in [0.5, 0.6) is 5.75 Å². The Balaban J connectivity index is 1.78. The van der Waals surface area contributed by atoms with Crippen molar-refractivity contribution in [3.05, 3.63) is 94.3 Å². The number of hydrogen-bond donors (Lipinski definition) is 0. The Labute approximate surface area is 184 Å². The smallest absolute Gasteiger partial charge is 0.266 e. The summed E-state index contributed by atoms with van der Waals surface area (Å²) in [5.41, 5.74) is 3.38. The van der Waals surface area contributed by atoms with E-state index in [2.05, 4.69) is 6.07 Å². The van der Waals surface area contributed by atoms with Crippen LogP contribution in [0.3, 0.4) is 0 Å². The fourth-order valence-corrected chi connectivity index (χ4v) is 4.36. The van der Waals surface area contributed by atoms with Crippen LogP contribution in [-0.4, -0.2) is 21.9 Å². The van der Waals surface area contributed by atoms with Crippen LogP contribution < -0.4 is 10.3 Å². The number of methoxy groups -OCH3 is 1. The number of ether oxygens (including phenoxy) is 1. The van der Waals surface area contributed by atoms with Crippen LogP contribution in [0.2, 0.25) is 0 Å². The predicted molar refractivity (Wildman–Crippen MR) is 124 cm³/mol. The molecule has 0 fully saturated rings. The van der Waals surface area contributed by atoms with Crippen molar-refractivity contribution in [2.45, 2.75) is 23.8 Å². The highest BCUT2D eigenvalue weighted by Gasteiger charge is 2.18. The molecule has 6 heteroatoms. The molecule has 1 heterocycles. The van der Waals surface area contributed by atoms with E-state index in [1.165, 1.54) is 17.3 Å². The lowest BCUT2D eigenvalue weighted by Crippen LogP contribution is -2.22. The van der Waals surface area contributed by atoms with Crippen LogP contribution >= 0.6 is 11.8 Å². The van der Waals surface area contributed by atoms with Gasteiger partial charge in [-0.1, -0.05) is 53.7 Å². The molecule has 0 N–H and O–H groups in total. The molecule has 0 saturated heterocycles. The zero-order valence-electron chi connectivity index (χ0n) is 17.3.